The van der Waals surface area contributed by atoms with Crippen LogP contribution in [-0.2, 0) is 14.8 Å². The first-order chi connectivity index (χ1) is 12.6. The molecule has 0 saturated carbocycles. The van der Waals surface area contributed by atoms with Crippen LogP contribution in [-0.4, -0.2) is 49.2 Å². The van der Waals surface area contributed by atoms with Gasteiger partial charge in [-0.25, -0.2) is 8.42 Å². The molecule has 1 heterocycles. The van der Waals surface area contributed by atoms with Gasteiger partial charge < -0.3 is 5.32 Å². The van der Waals surface area contributed by atoms with Gasteiger partial charge in [0.15, 0.2) is 0 Å². The highest BCUT2D eigenvalue weighted by Gasteiger charge is 2.43. The van der Waals surface area contributed by atoms with Gasteiger partial charge in [0.25, 0.3) is 0 Å². The number of hydrogen-bond donors (Lipinski definition) is 2. The Morgan fingerprint density at radius 3 is 2.52 bits per heavy atom. The molecule has 0 bridgehead atoms. The molecule has 1 aliphatic heterocycles. The van der Waals surface area contributed by atoms with Crippen molar-refractivity contribution < 1.29 is 26.4 Å². The molecule has 3 rings (SSSR count). The maximum absolute atomic E-state index is 13.0. The van der Waals surface area contributed by atoms with E-state index in [1.807, 2.05) is 12.1 Å². The Morgan fingerprint density at radius 1 is 1.19 bits per heavy atom. The van der Waals surface area contributed by atoms with E-state index in [2.05, 4.69) is 12.6 Å². The Balaban J connectivity index is 1.89. The fourth-order valence-corrected chi connectivity index (χ4v) is 5.22. The third-order valence-electron chi connectivity index (χ3n) is 4.33. The van der Waals surface area contributed by atoms with Gasteiger partial charge in [-0.05, 0) is 29.3 Å². The third kappa shape index (κ3) is 4.39. The van der Waals surface area contributed by atoms with Crippen LogP contribution in [0.25, 0.3) is 10.8 Å². The molecule has 2 atom stereocenters. The molecule has 0 unspecified atom stereocenters. The van der Waals surface area contributed by atoms with Crippen LogP contribution >= 0.6 is 12.6 Å². The van der Waals surface area contributed by atoms with Crippen molar-refractivity contribution in [3.05, 3.63) is 42.5 Å². The monoisotopic (exact) mass is 418 g/mol. The van der Waals surface area contributed by atoms with Crippen LogP contribution in [0.15, 0.2) is 47.4 Å². The van der Waals surface area contributed by atoms with Gasteiger partial charge in [0, 0.05) is 11.8 Å². The number of rotatable bonds is 4. The zero-order valence-electron chi connectivity index (χ0n) is 14.0. The van der Waals surface area contributed by atoms with E-state index in [9.17, 15) is 26.4 Å². The number of carbonyl (C=O) groups is 1. The number of hydrogen-bond acceptors (Lipinski definition) is 4. The summed E-state index contributed by atoms with van der Waals surface area (Å²) in [5.74, 6) is -0.978. The molecule has 146 valence electrons. The first kappa shape index (κ1) is 20.0. The van der Waals surface area contributed by atoms with Gasteiger partial charge in [-0.15, -0.1) is 0 Å². The normalized spacial score (nSPS) is 21.5. The van der Waals surface area contributed by atoms with Gasteiger partial charge in [0.05, 0.1) is 4.90 Å². The predicted octanol–water partition coefficient (Wildman–Crippen LogP) is 2.58. The Kier molecular flexibility index (Phi) is 5.42. The van der Waals surface area contributed by atoms with Gasteiger partial charge >= 0.3 is 6.18 Å². The van der Waals surface area contributed by atoms with E-state index in [1.165, 1.54) is 12.1 Å². The summed E-state index contributed by atoms with van der Waals surface area (Å²) in [4.78, 5) is 12.2. The zero-order valence-corrected chi connectivity index (χ0v) is 15.7. The van der Waals surface area contributed by atoms with Crippen molar-refractivity contribution >= 4 is 39.3 Å². The Morgan fingerprint density at radius 2 is 1.85 bits per heavy atom. The summed E-state index contributed by atoms with van der Waals surface area (Å²) in [7, 11) is -4.07. The lowest BCUT2D eigenvalue weighted by atomic mass is 10.1. The van der Waals surface area contributed by atoms with Crippen LogP contribution in [0.1, 0.15) is 6.42 Å². The van der Waals surface area contributed by atoms with Crippen molar-refractivity contribution in [3.63, 3.8) is 0 Å². The molecule has 0 spiro atoms. The van der Waals surface area contributed by atoms with E-state index in [4.69, 9.17) is 0 Å². The minimum absolute atomic E-state index is 0.0164. The summed E-state index contributed by atoms with van der Waals surface area (Å²) >= 11 is 4.23. The number of carbonyl (C=O) groups excluding carboxylic acids is 1. The second-order valence-electron chi connectivity index (χ2n) is 6.32. The molecule has 5 nitrogen and oxygen atoms in total. The number of amides is 1. The molecule has 2 aromatic rings. The first-order valence-corrected chi connectivity index (χ1v) is 10.1. The van der Waals surface area contributed by atoms with Gasteiger partial charge in [0.2, 0.25) is 15.9 Å². The molecule has 1 amide bonds. The summed E-state index contributed by atoms with van der Waals surface area (Å²) in [5.41, 5.74) is 0. The van der Waals surface area contributed by atoms with E-state index in [0.717, 1.165) is 9.69 Å². The van der Waals surface area contributed by atoms with Gasteiger partial charge in [-0.3, -0.25) is 4.79 Å². The quantitative estimate of drug-likeness (QED) is 0.750. The second-order valence-corrected chi connectivity index (χ2v) is 8.94. The van der Waals surface area contributed by atoms with Gasteiger partial charge in [-0.2, -0.15) is 30.1 Å². The smallest absolute Gasteiger partial charge is 0.346 e. The van der Waals surface area contributed by atoms with Crippen molar-refractivity contribution in [2.75, 3.05) is 13.1 Å². The summed E-state index contributed by atoms with van der Waals surface area (Å²) < 4.78 is 64.1. The van der Waals surface area contributed by atoms with Crippen LogP contribution < -0.4 is 5.32 Å². The Hall–Kier alpha value is -1.78. The lowest BCUT2D eigenvalue weighted by Crippen LogP contribution is -2.47. The van der Waals surface area contributed by atoms with Crippen LogP contribution in [0.2, 0.25) is 0 Å². The van der Waals surface area contributed by atoms with Crippen molar-refractivity contribution in [1.29, 1.82) is 0 Å². The fourth-order valence-electron chi connectivity index (χ4n) is 3.06. The number of halogens is 3. The molecule has 27 heavy (non-hydrogen) atoms. The zero-order chi connectivity index (χ0) is 19.8. The molecule has 1 fully saturated rings. The average Bonchev–Trinajstić information content (AvgIpc) is 3.01. The van der Waals surface area contributed by atoms with E-state index >= 15 is 0 Å². The van der Waals surface area contributed by atoms with Gasteiger partial charge in [-0.1, -0.05) is 30.3 Å². The minimum atomic E-state index is -4.57. The summed E-state index contributed by atoms with van der Waals surface area (Å²) in [6.45, 7) is -1.56. The molecule has 1 aliphatic rings. The summed E-state index contributed by atoms with van der Waals surface area (Å²) in [6, 6.07) is 10.5. The Labute approximate surface area is 160 Å². The number of thiol groups is 1. The molecule has 1 N–H and O–H groups in total. The highest BCUT2D eigenvalue weighted by atomic mass is 32.2. The number of alkyl halides is 3. The van der Waals surface area contributed by atoms with Crippen molar-refractivity contribution in [2.24, 2.45) is 0 Å². The maximum atomic E-state index is 13.0. The molecule has 1 saturated heterocycles. The average molecular weight is 418 g/mol. The minimum Gasteiger partial charge on any atom is -0.346 e. The molecule has 2 aromatic carbocycles. The van der Waals surface area contributed by atoms with Crippen molar-refractivity contribution in [3.8, 4) is 0 Å². The van der Waals surface area contributed by atoms with Crippen LogP contribution in [0, 0.1) is 0 Å². The van der Waals surface area contributed by atoms with Crippen LogP contribution in [0.3, 0.4) is 0 Å². The Bertz CT molecular complexity index is 963. The van der Waals surface area contributed by atoms with Crippen LogP contribution in [0.4, 0.5) is 13.2 Å². The molecule has 0 radical (unpaired) electrons. The summed E-state index contributed by atoms with van der Waals surface area (Å²) in [6.07, 6.45) is -4.53. The highest BCUT2D eigenvalue weighted by Crippen LogP contribution is 2.30. The second kappa shape index (κ2) is 7.33. The number of nitrogens with one attached hydrogen (secondary N) is 1. The number of benzene rings is 2. The fraction of sp³-hybridized carbons (Fsp3) is 0.353. The van der Waals surface area contributed by atoms with Crippen molar-refractivity contribution in [2.45, 2.75) is 28.8 Å². The number of sulfonamides is 1. The SMILES string of the molecule is O=C(NCC(F)(F)F)[C@@H]1C[C@@H](S)CN1S(=O)(=O)c1ccc2ccccc2c1. The molecule has 0 aromatic heterocycles. The molecular formula is C17H17F3N2O3S2. The van der Waals surface area contributed by atoms with Crippen LogP contribution in [0.5, 0.6) is 0 Å². The predicted molar refractivity (Wildman–Crippen MR) is 98.1 cm³/mol. The van der Waals surface area contributed by atoms with E-state index in [1.54, 1.807) is 23.5 Å². The first-order valence-electron chi connectivity index (χ1n) is 8.11. The van der Waals surface area contributed by atoms with Crippen molar-refractivity contribution in [1.82, 2.24) is 9.62 Å². The van der Waals surface area contributed by atoms with E-state index in [0.29, 0.717) is 5.39 Å². The van der Waals surface area contributed by atoms with Gasteiger partial charge in [0.1, 0.15) is 12.6 Å². The van der Waals surface area contributed by atoms with E-state index < -0.39 is 39.9 Å². The highest BCUT2D eigenvalue weighted by molar-refractivity contribution is 7.89. The lowest BCUT2D eigenvalue weighted by molar-refractivity contribution is -0.140. The summed E-state index contributed by atoms with van der Waals surface area (Å²) in [5, 5.41) is 2.88. The largest absolute Gasteiger partial charge is 0.405 e. The topological polar surface area (TPSA) is 66.5 Å². The number of fused-ring (bicyclic) bond motifs is 1. The lowest BCUT2D eigenvalue weighted by Gasteiger charge is -2.23. The molecular weight excluding hydrogens is 401 g/mol. The standard InChI is InChI=1S/C17H17F3N2O3S2/c18-17(19,20)10-21-16(23)15-8-13(26)9-22(15)27(24,25)14-6-5-11-3-1-2-4-12(11)7-14/h1-7,13,15,26H,8-10H2,(H,21,23)/t13-,15+/m1/s1. The third-order valence-corrected chi connectivity index (χ3v) is 6.57. The molecule has 0 aliphatic carbocycles. The number of nitrogens with zero attached hydrogens (tertiary/aromatic N) is 1. The van der Waals surface area contributed by atoms with E-state index in [-0.39, 0.29) is 17.9 Å². The maximum Gasteiger partial charge on any atom is 0.405 e. The molecule has 10 heteroatoms.